The molecule has 0 aliphatic heterocycles. The van der Waals surface area contributed by atoms with Gasteiger partial charge in [0.2, 0.25) is 0 Å². The van der Waals surface area contributed by atoms with Gasteiger partial charge in [0.1, 0.15) is 17.1 Å². The van der Waals surface area contributed by atoms with E-state index in [1.54, 1.807) is 0 Å². The molecule has 1 aromatic carbocycles. The molecule has 0 heterocycles. The van der Waals surface area contributed by atoms with Crippen molar-refractivity contribution in [1.29, 1.82) is 0 Å². The molecule has 0 aliphatic carbocycles. The molecule has 1 aromatic rings. The van der Waals surface area contributed by atoms with Gasteiger partial charge in [0, 0.05) is 11.8 Å². The van der Waals surface area contributed by atoms with Crippen molar-refractivity contribution in [3.05, 3.63) is 29.8 Å². The number of rotatable bonds is 6. The van der Waals surface area contributed by atoms with Crippen LogP contribution in [0.25, 0.3) is 0 Å². The number of Topliss-reactive ketones (excluding diaryl/α,β-unsaturated/α-hetero) is 1. The van der Waals surface area contributed by atoms with Gasteiger partial charge in [-0.2, -0.15) is 0 Å². The average molecular weight is 290 g/mol. The Hall–Kier alpha value is -1.31. The quantitative estimate of drug-likeness (QED) is 0.744. The SMILES string of the molecule is CC(C)C(=O)C(Cc1ccc(OC(C)(C)C)cc1)C(C)C. The summed E-state index contributed by atoms with van der Waals surface area (Å²) >= 11 is 0. The van der Waals surface area contributed by atoms with Gasteiger partial charge in [-0.1, -0.05) is 39.8 Å². The third-order valence-electron chi connectivity index (χ3n) is 3.54. The summed E-state index contributed by atoms with van der Waals surface area (Å²) in [7, 11) is 0. The lowest BCUT2D eigenvalue weighted by Crippen LogP contribution is -2.26. The minimum atomic E-state index is -0.185. The van der Waals surface area contributed by atoms with E-state index in [2.05, 4.69) is 26.0 Å². The Bertz CT molecular complexity index is 449. The summed E-state index contributed by atoms with van der Waals surface area (Å²) in [6.07, 6.45) is 0.810. The van der Waals surface area contributed by atoms with Crippen LogP contribution in [0.15, 0.2) is 24.3 Å². The van der Waals surface area contributed by atoms with Crippen LogP contribution in [0.3, 0.4) is 0 Å². The van der Waals surface area contributed by atoms with Crippen LogP contribution in [0.4, 0.5) is 0 Å². The molecule has 0 bridgehead atoms. The second-order valence-corrected chi connectivity index (χ2v) is 7.47. The van der Waals surface area contributed by atoms with Gasteiger partial charge < -0.3 is 4.74 Å². The fourth-order valence-electron chi connectivity index (χ4n) is 2.39. The molecular formula is C19H30O2. The van der Waals surface area contributed by atoms with Crippen LogP contribution in [0.1, 0.15) is 54.0 Å². The molecule has 2 heteroatoms. The van der Waals surface area contributed by atoms with E-state index in [1.807, 2.05) is 46.8 Å². The zero-order chi connectivity index (χ0) is 16.2. The number of ketones is 1. The van der Waals surface area contributed by atoms with E-state index in [9.17, 15) is 4.79 Å². The monoisotopic (exact) mass is 290 g/mol. The highest BCUT2D eigenvalue weighted by Gasteiger charge is 2.24. The van der Waals surface area contributed by atoms with Crippen molar-refractivity contribution >= 4 is 5.78 Å². The lowest BCUT2D eigenvalue weighted by Gasteiger charge is -2.23. The van der Waals surface area contributed by atoms with Crippen molar-refractivity contribution < 1.29 is 9.53 Å². The first-order valence-corrected chi connectivity index (χ1v) is 7.92. The average Bonchev–Trinajstić information content (AvgIpc) is 2.34. The van der Waals surface area contributed by atoms with Gasteiger partial charge in [0.05, 0.1) is 0 Å². The number of benzene rings is 1. The second kappa shape index (κ2) is 7.11. The van der Waals surface area contributed by atoms with Gasteiger partial charge >= 0.3 is 0 Å². The van der Waals surface area contributed by atoms with Crippen molar-refractivity contribution in [1.82, 2.24) is 0 Å². The van der Waals surface area contributed by atoms with Crippen LogP contribution in [-0.4, -0.2) is 11.4 Å². The molecule has 1 unspecified atom stereocenters. The number of carbonyl (C=O) groups excluding carboxylic acids is 1. The van der Waals surface area contributed by atoms with Crippen LogP contribution < -0.4 is 4.74 Å². The lowest BCUT2D eigenvalue weighted by atomic mass is 9.82. The summed E-state index contributed by atoms with van der Waals surface area (Å²) in [6.45, 7) is 14.3. The van der Waals surface area contributed by atoms with E-state index in [4.69, 9.17) is 4.74 Å². The largest absolute Gasteiger partial charge is 0.488 e. The van der Waals surface area contributed by atoms with Crippen LogP contribution in [0.5, 0.6) is 5.75 Å². The van der Waals surface area contributed by atoms with Crippen molar-refractivity contribution in [2.24, 2.45) is 17.8 Å². The smallest absolute Gasteiger partial charge is 0.139 e. The molecule has 0 saturated carbocycles. The van der Waals surface area contributed by atoms with Gasteiger partial charge in [-0.25, -0.2) is 0 Å². The lowest BCUT2D eigenvalue weighted by molar-refractivity contribution is -0.127. The highest BCUT2D eigenvalue weighted by atomic mass is 16.5. The van der Waals surface area contributed by atoms with Gasteiger partial charge in [-0.3, -0.25) is 4.79 Å². The Kier molecular flexibility index (Phi) is 6.00. The van der Waals surface area contributed by atoms with Crippen LogP contribution in [0, 0.1) is 17.8 Å². The normalized spacial score (nSPS) is 13.6. The standard InChI is InChI=1S/C19H30O2/c1-13(2)17(18(20)14(3)4)12-15-8-10-16(11-9-15)21-19(5,6)7/h8-11,13-14,17H,12H2,1-7H3. The van der Waals surface area contributed by atoms with Crippen molar-refractivity contribution in [3.8, 4) is 5.75 Å². The minimum Gasteiger partial charge on any atom is -0.488 e. The molecule has 0 aliphatic rings. The number of hydrogen-bond acceptors (Lipinski definition) is 2. The van der Waals surface area contributed by atoms with Crippen LogP contribution >= 0.6 is 0 Å². The summed E-state index contributed by atoms with van der Waals surface area (Å²) in [5.74, 6) is 1.80. The van der Waals surface area contributed by atoms with E-state index in [1.165, 1.54) is 5.56 Å². The summed E-state index contributed by atoms with van der Waals surface area (Å²) in [6, 6.07) is 8.14. The van der Waals surface area contributed by atoms with Crippen molar-refractivity contribution in [2.75, 3.05) is 0 Å². The predicted octanol–water partition coefficient (Wildman–Crippen LogP) is 4.90. The van der Waals surface area contributed by atoms with E-state index in [0.29, 0.717) is 11.7 Å². The molecule has 2 nitrogen and oxygen atoms in total. The molecule has 0 radical (unpaired) electrons. The first-order valence-electron chi connectivity index (χ1n) is 7.92. The fourth-order valence-corrected chi connectivity index (χ4v) is 2.39. The number of carbonyl (C=O) groups is 1. The van der Waals surface area contributed by atoms with Crippen molar-refractivity contribution in [3.63, 3.8) is 0 Å². The predicted molar refractivity (Wildman–Crippen MR) is 88.7 cm³/mol. The van der Waals surface area contributed by atoms with Gasteiger partial charge in [0.15, 0.2) is 0 Å². The molecule has 0 spiro atoms. The Morgan fingerprint density at radius 1 is 1.05 bits per heavy atom. The van der Waals surface area contributed by atoms with E-state index in [-0.39, 0.29) is 17.4 Å². The summed E-state index contributed by atoms with van der Waals surface area (Å²) < 4.78 is 5.83. The summed E-state index contributed by atoms with van der Waals surface area (Å²) in [5, 5.41) is 0. The maximum Gasteiger partial charge on any atom is 0.139 e. The van der Waals surface area contributed by atoms with Gasteiger partial charge in [-0.15, -0.1) is 0 Å². The molecule has 0 N–H and O–H groups in total. The maximum atomic E-state index is 12.3. The fraction of sp³-hybridized carbons (Fsp3) is 0.632. The molecule has 1 atom stereocenters. The highest BCUT2D eigenvalue weighted by Crippen LogP contribution is 2.24. The third kappa shape index (κ3) is 5.91. The maximum absolute atomic E-state index is 12.3. The van der Waals surface area contributed by atoms with Gasteiger partial charge in [0.25, 0.3) is 0 Å². The Morgan fingerprint density at radius 3 is 1.95 bits per heavy atom. The zero-order valence-corrected chi connectivity index (χ0v) is 14.6. The molecule has 0 amide bonds. The van der Waals surface area contributed by atoms with Crippen LogP contribution in [-0.2, 0) is 11.2 Å². The highest BCUT2D eigenvalue weighted by molar-refractivity contribution is 5.83. The Labute approximate surface area is 129 Å². The molecule has 21 heavy (non-hydrogen) atoms. The van der Waals surface area contributed by atoms with E-state index in [0.717, 1.165) is 12.2 Å². The third-order valence-corrected chi connectivity index (χ3v) is 3.54. The van der Waals surface area contributed by atoms with E-state index < -0.39 is 0 Å². The van der Waals surface area contributed by atoms with E-state index >= 15 is 0 Å². The Balaban J connectivity index is 2.79. The summed E-state index contributed by atoms with van der Waals surface area (Å²) in [4.78, 5) is 12.3. The second-order valence-electron chi connectivity index (χ2n) is 7.47. The molecule has 0 fully saturated rings. The topological polar surface area (TPSA) is 26.3 Å². The zero-order valence-electron chi connectivity index (χ0n) is 14.6. The molecule has 0 aromatic heterocycles. The Morgan fingerprint density at radius 2 is 1.57 bits per heavy atom. The first kappa shape index (κ1) is 17.7. The molecule has 118 valence electrons. The molecule has 1 rings (SSSR count). The van der Waals surface area contributed by atoms with Crippen molar-refractivity contribution in [2.45, 2.75) is 60.5 Å². The van der Waals surface area contributed by atoms with Crippen LogP contribution in [0.2, 0.25) is 0 Å². The number of ether oxygens (including phenoxy) is 1. The van der Waals surface area contributed by atoms with Gasteiger partial charge in [-0.05, 0) is 50.8 Å². The number of hydrogen-bond donors (Lipinski definition) is 0. The first-order chi connectivity index (χ1) is 9.60. The molecular weight excluding hydrogens is 260 g/mol. The summed E-state index contributed by atoms with van der Waals surface area (Å²) in [5.41, 5.74) is 1.01. The minimum absolute atomic E-state index is 0.0967. The molecule has 0 saturated heterocycles.